The number of halogens is 1. The van der Waals surface area contributed by atoms with E-state index in [0.717, 1.165) is 29.8 Å². The van der Waals surface area contributed by atoms with Gasteiger partial charge in [0.15, 0.2) is 0 Å². The molecule has 2 rings (SSSR count). The maximum atomic E-state index is 5.89. The zero-order chi connectivity index (χ0) is 12.1. The molecular formula is C13H18BrNOS. The Bertz CT molecular complexity index is 366. The molecule has 0 radical (unpaired) electrons. The third-order valence-electron chi connectivity index (χ3n) is 3.18. The van der Waals surface area contributed by atoms with Gasteiger partial charge >= 0.3 is 0 Å². The summed E-state index contributed by atoms with van der Waals surface area (Å²) in [6, 6.07) is 7.97. The quantitative estimate of drug-likeness (QED) is 0.904. The first kappa shape index (κ1) is 13.2. The van der Waals surface area contributed by atoms with Crippen LogP contribution in [0.25, 0.3) is 0 Å². The van der Waals surface area contributed by atoms with Crippen molar-refractivity contribution in [1.29, 1.82) is 0 Å². The van der Waals surface area contributed by atoms with Crippen LogP contribution < -0.4 is 10.5 Å². The summed E-state index contributed by atoms with van der Waals surface area (Å²) >= 11 is 5.45. The normalized spacial score (nSPS) is 23.9. The Labute approximate surface area is 115 Å². The highest BCUT2D eigenvalue weighted by Gasteiger charge is 2.32. The van der Waals surface area contributed by atoms with Crippen LogP contribution in [0.4, 0.5) is 0 Å². The van der Waals surface area contributed by atoms with Gasteiger partial charge < -0.3 is 10.5 Å². The highest BCUT2D eigenvalue weighted by Crippen LogP contribution is 2.40. The molecule has 0 aliphatic carbocycles. The number of hydrogen-bond acceptors (Lipinski definition) is 3. The van der Waals surface area contributed by atoms with Gasteiger partial charge in [0.25, 0.3) is 0 Å². The third-order valence-corrected chi connectivity index (χ3v) is 5.35. The zero-order valence-corrected chi connectivity index (χ0v) is 12.2. The molecule has 94 valence electrons. The first-order valence-electron chi connectivity index (χ1n) is 5.96. The average Bonchev–Trinajstić information content (AvgIpc) is 2.79. The Kier molecular flexibility index (Phi) is 4.77. The van der Waals surface area contributed by atoms with E-state index in [0.29, 0.717) is 0 Å². The van der Waals surface area contributed by atoms with E-state index in [9.17, 15) is 0 Å². The van der Waals surface area contributed by atoms with Gasteiger partial charge in [-0.15, -0.1) is 0 Å². The summed E-state index contributed by atoms with van der Waals surface area (Å²) in [6.45, 7) is 1.51. The van der Waals surface area contributed by atoms with Crippen molar-refractivity contribution >= 4 is 27.7 Å². The molecule has 2 N–H and O–H groups in total. The number of hydrogen-bond donors (Lipinski definition) is 1. The standard InChI is InChI=1S/C13H18BrNOS/c14-11-3-1-4-12(9-11)16-7-6-13(10-15)5-2-8-17-13/h1,3-4,9H,2,5-8,10,15H2. The van der Waals surface area contributed by atoms with Crippen molar-refractivity contribution in [1.82, 2.24) is 0 Å². The van der Waals surface area contributed by atoms with Crippen molar-refractivity contribution in [3.8, 4) is 5.75 Å². The van der Waals surface area contributed by atoms with Crippen molar-refractivity contribution in [2.24, 2.45) is 5.73 Å². The van der Waals surface area contributed by atoms with Crippen LogP contribution >= 0.6 is 27.7 Å². The van der Waals surface area contributed by atoms with Crippen molar-refractivity contribution < 1.29 is 4.74 Å². The Morgan fingerprint density at radius 1 is 1.47 bits per heavy atom. The minimum atomic E-state index is 0.270. The Balaban J connectivity index is 1.82. The lowest BCUT2D eigenvalue weighted by Gasteiger charge is -2.26. The summed E-state index contributed by atoms with van der Waals surface area (Å²) < 4.78 is 7.10. The molecule has 2 nitrogen and oxygen atoms in total. The second-order valence-corrected chi connectivity index (χ2v) is 6.87. The molecule has 1 atom stereocenters. The van der Waals surface area contributed by atoms with Crippen LogP contribution in [0.3, 0.4) is 0 Å². The Hall–Kier alpha value is -0.190. The molecule has 0 bridgehead atoms. The Morgan fingerprint density at radius 2 is 2.35 bits per heavy atom. The first-order valence-corrected chi connectivity index (χ1v) is 7.74. The largest absolute Gasteiger partial charge is 0.494 e. The SMILES string of the molecule is NCC1(CCOc2cccc(Br)c2)CCCS1. The van der Waals surface area contributed by atoms with Gasteiger partial charge in [-0.2, -0.15) is 11.8 Å². The molecule has 1 saturated heterocycles. The molecule has 0 amide bonds. The molecular weight excluding hydrogens is 298 g/mol. The molecule has 17 heavy (non-hydrogen) atoms. The lowest BCUT2D eigenvalue weighted by molar-refractivity contribution is 0.288. The second kappa shape index (κ2) is 6.12. The monoisotopic (exact) mass is 315 g/mol. The van der Waals surface area contributed by atoms with E-state index in [1.165, 1.54) is 18.6 Å². The molecule has 1 aromatic rings. The molecule has 1 unspecified atom stereocenters. The van der Waals surface area contributed by atoms with E-state index < -0.39 is 0 Å². The summed E-state index contributed by atoms with van der Waals surface area (Å²) in [6.07, 6.45) is 3.56. The molecule has 0 saturated carbocycles. The maximum Gasteiger partial charge on any atom is 0.120 e. The lowest BCUT2D eigenvalue weighted by atomic mass is 10.00. The fourth-order valence-corrected chi connectivity index (χ4v) is 3.86. The van der Waals surface area contributed by atoms with Crippen LogP contribution in [0, 0.1) is 0 Å². The zero-order valence-electron chi connectivity index (χ0n) is 9.82. The van der Waals surface area contributed by atoms with Gasteiger partial charge in [0, 0.05) is 15.8 Å². The molecule has 1 aliphatic rings. The summed E-state index contributed by atoms with van der Waals surface area (Å²) in [4.78, 5) is 0. The van der Waals surface area contributed by atoms with E-state index in [4.69, 9.17) is 10.5 Å². The topological polar surface area (TPSA) is 35.2 Å². The van der Waals surface area contributed by atoms with Crippen LogP contribution in [0.5, 0.6) is 5.75 Å². The molecule has 1 fully saturated rings. The minimum Gasteiger partial charge on any atom is -0.494 e. The fraction of sp³-hybridized carbons (Fsp3) is 0.538. The highest BCUT2D eigenvalue weighted by molar-refractivity contribution is 9.10. The minimum absolute atomic E-state index is 0.270. The van der Waals surface area contributed by atoms with Gasteiger partial charge in [-0.05, 0) is 43.2 Å². The number of ether oxygens (including phenoxy) is 1. The van der Waals surface area contributed by atoms with Crippen molar-refractivity contribution in [3.05, 3.63) is 28.7 Å². The third kappa shape index (κ3) is 3.63. The van der Waals surface area contributed by atoms with Crippen molar-refractivity contribution in [2.75, 3.05) is 18.9 Å². The fourth-order valence-electron chi connectivity index (χ4n) is 2.13. The summed E-state index contributed by atoms with van der Waals surface area (Å²) in [7, 11) is 0. The van der Waals surface area contributed by atoms with Gasteiger partial charge in [0.05, 0.1) is 6.61 Å². The summed E-state index contributed by atoms with van der Waals surface area (Å²) in [5.41, 5.74) is 5.89. The maximum absolute atomic E-state index is 5.89. The first-order chi connectivity index (χ1) is 8.24. The molecule has 1 aliphatic heterocycles. The molecule has 0 aromatic heterocycles. The molecule has 1 heterocycles. The van der Waals surface area contributed by atoms with E-state index in [2.05, 4.69) is 15.9 Å². The highest BCUT2D eigenvalue weighted by atomic mass is 79.9. The van der Waals surface area contributed by atoms with E-state index >= 15 is 0 Å². The van der Waals surface area contributed by atoms with Gasteiger partial charge in [0.1, 0.15) is 5.75 Å². The van der Waals surface area contributed by atoms with E-state index in [-0.39, 0.29) is 4.75 Å². The van der Waals surface area contributed by atoms with Crippen LogP contribution in [-0.2, 0) is 0 Å². The summed E-state index contributed by atoms with van der Waals surface area (Å²) in [5, 5.41) is 0. The predicted octanol–water partition coefficient (Wildman–Crippen LogP) is 3.44. The van der Waals surface area contributed by atoms with Gasteiger partial charge in [0.2, 0.25) is 0 Å². The Morgan fingerprint density at radius 3 is 3.00 bits per heavy atom. The number of thioether (sulfide) groups is 1. The molecule has 1 aromatic carbocycles. The van der Waals surface area contributed by atoms with Crippen LogP contribution in [0.2, 0.25) is 0 Å². The van der Waals surface area contributed by atoms with Crippen LogP contribution in [0.1, 0.15) is 19.3 Å². The lowest BCUT2D eigenvalue weighted by Crippen LogP contribution is -2.33. The van der Waals surface area contributed by atoms with Crippen LogP contribution in [-0.4, -0.2) is 23.7 Å². The number of rotatable bonds is 5. The number of nitrogens with two attached hydrogens (primary N) is 1. The van der Waals surface area contributed by atoms with E-state index in [1.807, 2.05) is 36.0 Å². The van der Waals surface area contributed by atoms with E-state index in [1.54, 1.807) is 0 Å². The van der Waals surface area contributed by atoms with Gasteiger partial charge in [-0.1, -0.05) is 22.0 Å². The van der Waals surface area contributed by atoms with Crippen LogP contribution in [0.15, 0.2) is 28.7 Å². The van der Waals surface area contributed by atoms with Gasteiger partial charge in [-0.25, -0.2) is 0 Å². The summed E-state index contributed by atoms with van der Waals surface area (Å²) in [5.74, 6) is 2.17. The smallest absolute Gasteiger partial charge is 0.120 e. The molecule has 0 spiro atoms. The number of benzene rings is 1. The second-order valence-electron chi connectivity index (χ2n) is 4.39. The molecule has 4 heteroatoms. The van der Waals surface area contributed by atoms with Crippen molar-refractivity contribution in [2.45, 2.75) is 24.0 Å². The van der Waals surface area contributed by atoms with Crippen molar-refractivity contribution in [3.63, 3.8) is 0 Å². The predicted molar refractivity (Wildman–Crippen MR) is 77.7 cm³/mol. The average molecular weight is 316 g/mol. The van der Waals surface area contributed by atoms with Gasteiger partial charge in [-0.3, -0.25) is 0 Å².